The molecule has 4 rings (SSSR count). The first-order valence-electron chi connectivity index (χ1n) is 8.07. The average Bonchev–Trinajstić information content (AvgIpc) is 3.34. The number of hydrogen-bond donors (Lipinski definition) is 3. The van der Waals surface area contributed by atoms with Crippen LogP contribution >= 0.6 is 0 Å². The van der Waals surface area contributed by atoms with Crippen LogP contribution < -0.4 is 10.6 Å². The van der Waals surface area contributed by atoms with E-state index in [9.17, 15) is 9.90 Å². The number of hydrogen-bond acceptors (Lipinski definition) is 8. The van der Waals surface area contributed by atoms with Gasteiger partial charge in [-0.2, -0.15) is 9.59 Å². The van der Waals surface area contributed by atoms with Crippen LogP contribution in [0.25, 0.3) is 0 Å². The van der Waals surface area contributed by atoms with Gasteiger partial charge in [0.25, 0.3) is 0 Å². The summed E-state index contributed by atoms with van der Waals surface area (Å²) >= 11 is 0. The van der Waals surface area contributed by atoms with Gasteiger partial charge in [-0.3, -0.25) is 10.1 Å². The third-order valence-electron chi connectivity index (χ3n) is 4.94. The summed E-state index contributed by atoms with van der Waals surface area (Å²) in [5.74, 6) is 0.847. The molecule has 0 saturated carbocycles. The molecular formula is C16H24N2O6. The van der Waals surface area contributed by atoms with Crippen molar-refractivity contribution < 1.29 is 29.0 Å². The van der Waals surface area contributed by atoms with E-state index < -0.39 is 0 Å². The number of rotatable bonds is 0. The molecule has 3 N–H and O–H groups in total. The van der Waals surface area contributed by atoms with Crippen molar-refractivity contribution in [2.24, 2.45) is 0 Å². The van der Waals surface area contributed by atoms with Gasteiger partial charge in [0.15, 0.2) is 5.78 Å². The molecule has 3 fully saturated rings. The number of ketones is 1. The maximum Gasteiger partial charge on any atom is 0.373 e. The zero-order valence-corrected chi connectivity index (χ0v) is 13.9. The molecule has 0 bridgehead atoms. The summed E-state index contributed by atoms with van der Waals surface area (Å²) in [6.45, 7) is 6.29. The van der Waals surface area contributed by atoms with Crippen LogP contribution in [0.3, 0.4) is 0 Å². The zero-order valence-electron chi connectivity index (χ0n) is 13.9. The Morgan fingerprint density at radius 2 is 1.67 bits per heavy atom. The van der Waals surface area contributed by atoms with E-state index >= 15 is 0 Å². The standard InChI is InChI=1S/C8H13NO2.C7H11NO2.CO2/c1-6-4-9-8(7(6)10)2-3-11-5-8;9-6-1-3-8-7(6)2-4-10-5-7;2-1-3/h9-10H,2-5H2,1H3;8H,1-5H2;. The monoisotopic (exact) mass is 340 g/mol. The molecule has 0 aromatic rings. The molecule has 134 valence electrons. The summed E-state index contributed by atoms with van der Waals surface area (Å²) in [5, 5.41) is 16.2. The van der Waals surface area contributed by atoms with Gasteiger partial charge >= 0.3 is 6.15 Å². The average molecular weight is 340 g/mol. The number of aliphatic hydroxyl groups is 1. The number of carbonyl (C=O) groups excluding carboxylic acids is 3. The lowest BCUT2D eigenvalue weighted by Crippen LogP contribution is -2.45. The first-order chi connectivity index (χ1) is 11.5. The molecule has 4 heterocycles. The fraction of sp³-hybridized carbons (Fsp3) is 0.750. The van der Waals surface area contributed by atoms with Crippen LogP contribution in [-0.2, 0) is 23.9 Å². The van der Waals surface area contributed by atoms with Crippen molar-refractivity contribution in [3.05, 3.63) is 11.3 Å². The molecule has 4 aliphatic rings. The summed E-state index contributed by atoms with van der Waals surface area (Å²) in [5.41, 5.74) is 0.569. The minimum absolute atomic E-state index is 0.218. The van der Waals surface area contributed by atoms with Crippen LogP contribution in [0.1, 0.15) is 26.2 Å². The SMILES string of the molecule is CC1=C(O)C2(CCOC2)NC1.O=C1CCNC12CCOC2.O=C=O. The number of carbonyl (C=O) groups is 1. The lowest BCUT2D eigenvalue weighted by Gasteiger charge is -2.21. The van der Waals surface area contributed by atoms with Gasteiger partial charge in [0.1, 0.15) is 16.8 Å². The molecule has 2 unspecified atom stereocenters. The fourth-order valence-electron chi connectivity index (χ4n) is 3.45. The molecule has 0 amide bonds. The Labute approximate surface area is 140 Å². The number of ether oxygens (including phenoxy) is 2. The summed E-state index contributed by atoms with van der Waals surface area (Å²) in [6, 6.07) is 0. The number of nitrogens with one attached hydrogen (secondary N) is 2. The predicted molar refractivity (Wildman–Crippen MR) is 82.3 cm³/mol. The molecule has 2 spiro atoms. The van der Waals surface area contributed by atoms with E-state index in [1.54, 1.807) is 0 Å². The minimum atomic E-state index is -0.264. The van der Waals surface area contributed by atoms with Crippen LogP contribution in [0.5, 0.6) is 0 Å². The first-order valence-corrected chi connectivity index (χ1v) is 8.07. The van der Waals surface area contributed by atoms with Gasteiger partial charge in [0.05, 0.1) is 13.2 Å². The van der Waals surface area contributed by atoms with Gasteiger partial charge in [-0.15, -0.1) is 0 Å². The molecule has 0 aliphatic carbocycles. The molecule has 0 aromatic carbocycles. The van der Waals surface area contributed by atoms with Gasteiger partial charge in [-0.1, -0.05) is 0 Å². The maximum atomic E-state index is 11.3. The highest BCUT2D eigenvalue weighted by atomic mass is 16.5. The van der Waals surface area contributed by atoms with Crippen LogP contribution in [-0.4, -0.2) is 67.6 Å². The Balaban J connectivity index is 0.000000150. The molecule has 2 atom stereocenters. The molecule has 0 radical (unpaired) electrons. The van der Waals surface area contributed by atoms with Crippen LogP contribution in [0.15, 0.2) is 11.3 Å². The van der Waals surface area contributed by atoms with Crippen LogP contribution in [0, 0.1) is 0 Å². The number of Topliss-reactive ketones (excluding diaryl/α,β-unsaturated/α-hetero) is 1. The highest BCUT2D eigenvalue weighted by Crippen LogP contribution is 2.31. The second-order valence-corrected chi connectivity index (χ2v) is 6.44. The molecule has 24 heavy (non-hydrogen) atoms. The molecule has 8 heteroatoms. The van der Waals surface area contributed by atoms with E-state index in [4.69, 9.17) is 19.1 Å². The number of aliphatic hydroxyl groups excluding tert-OH is 1. The van der Waals surface area contributed by atoms with E-state index in [0.717, 1.165) is 44.7 Å². The van der Waals surface area contributed by atoms with Crippen molar-refractivity contribution in [3.63, 3.8) is 0 Å². The van der Waals surface area contributed by atoms with E-state index in [1.807, 2.05) is 6.92 Å². The van der Waals surface area contributed by atoms with Crippen molar-refractivity contribution in [2.75, 3.05) is 39.5 Å². The smallest absolute Gasteiger partial charge is 0.373 e. The first kappa shape index (κ1) is 18.8. The largest absolute Gasteiger partial charge is 0.510 e. The van der Waals surface area contributed by atoms with Crippen molar-refractivity contribution in [1.82, 2.24) is 10.6 Å². The second kappa shape index (κ2) is 8.00. The highest BCUT2D eigenvalue weighted by Gasteiger charge is 2.44. The van der Waals surface area contributed by atoms with Gasteiger partial charge in [0, 0.05) is 32.7 Å². The topological polar surface area (TPSA) is 114 Å². The van der Waals surface area contributed by atoms with Crippen molar-refractivity contribution in [1.29, 1.82) is 0 Å². The Morgan fingerprint density at radius 3 is 2.04 bits per heavy atom. The Hall–Kier alpha value is -1.57. The third kappa shape index (κ3) is 3.74. The summed E-state index contributed by atoms with van der Waals surface area (Å²) in [7, 11) is 0. The lowest BCUT2D eigenvalue weighted by atomic mass is 9.96. The van der Waals surface area contributed by atoms with E-state index in [0.29, 0.717) is 31.2 Å². The van der Waals surface area contributed by atoms with E-state index in [1.165, 1.54) is 0 Å². The van der Waals surface area contributed by atoms with Gasteiger partial charge < -0.3 is 19.9 Å². The Kier molecular flexibility index (Phi) is 6.26. The second-order valence-electron chi connectivity index (χ2n) is 6.44. The van der Waals surface area contributed by atoms with Crippen molar-refractivity contribution in [3.8, 4) is 0 Å². The van der Waals surface area contributed by atoms with Crippen LogP contribution in [0.2, 0.25) is 0 Å². The summed E-state index contributed by atoms with van der Waals surface area (Å²) < 4.78 is 10.4. The van der Waals surface area contributed by atoms with E-state index in [2.05, 4.69) is 10.6 Å². The molecule has 3 saturated heterocycles. The molecule has 8 nitrogen and oxygen atoms in total. The molecule has 0 aromatic heterocycles. The molecule has 4 aliphatic heterocycles. The van der Waals surface area contributed by atoms with Crippen LogP contribution in [0.4, 0.5) is 0 Å². The normalized spacial score (nSPS) is 34.1. The minimum Gasteiger partial charge on any atom is -0.510 e. The van der Waals surface area contributed by atoms with Crippen molar-refractivity contribution in [2.45, 2.75) is 37.3 Å². The summed E-state index contributed by atoms with van der Waals surface area (Å²) in [6.07, 6.45) is 2.70. The predicted octanol–water partition coefficient (Wildman–Crippen LogP) is -0.295. The Bertz CT molecular complexity index is 521. The lowest BCUT2D eigenvalue weighted by molar-refractivity contribution is -0.191. The fourth-order valence-corrected chi connectivity index (χ4v) is 3.45. The quantitative estimate of drug-likeness (QED) is 0.551. The third-order valence-corrected chi connectivity index (χ3v) is 4.94. The van der Waals surface area contributed by atoms with Gasteiger partial charge in [-0.05, 0) is 25.3 Å². The highest BCUT2D eigenvalue weighted by molar-refractivity contribution is 5.91. The molecular weight excluding hydrogens is 316 g/mol. The zero-order chi connectivity index (χ0) is 17.6. The van der Waals surface area contributed by atoms with Gasteiger partial charge in [0.2, 0.25) is 0 Å². The maximum absolute atomic E-state index is 11.3. The Morgan fingerprint density at radius 1 is 1.08 bits per heavy atom. The van der Waals surface area contributed by atoms with Crippen molar-refractivity contribution >= 4 is 11.9 Å². The van der Waals surface area contributed by atoms with Gasteiger partial charge in [-0.25, -0.2) is 0 Å². The summed E-state index contributed by atoms with van der Waals surface area (Å²) in [4.78, 5) is 27.5. The van der Waals surface area contributed by atoms with E-state index in [-0.39, 0.29) is 17.2 Å².